The predicted octanol–water partition coefficient (Wildman–Crippen LogP) is 5.78. The highest BCUT2D eigenvalue weighted by Gasteiger charge is 2.57. The molecule has 3 atom stereocenters. The minimum absolute atomic E-state index is 0.269. The van der Waals surface area contributed by atoms with Crippen LogP contribution in [0.1, 0.15) is 16.4 Å². The molecular weight excluding hydrogens is 678 g/mol. The van der Waals surface area contributed by atoms with E-state index in [1.165, 1.54) is 23.7 Å². The fraction of sp³-hybridized carbons (Fsp3) is 0.200. The lowest BCUT2D eigenvalue weighted by Gasteiger charge is -2.31. The van der Waals surface area contributed by atoms with Gasteiger partial charge in [0.2, 0.25) is 17.7 Å². The molecule has 3 aromatic carbocycles. The number of carbonyl (C=O) groups is 3. The second-order valence-corrected chi connectivity index (χ2v) is 13.3. The molecule has 2 aliphatic heterocycles. The summed E-state index contributed by atoms with van der Waals surface area (Å²) < 4.78 is 13.1. The number of anilines is 2. The molecule has 1 fully saturated rings. The zero-order valence-electron chi connectivity index (χ0n) is 22.7. The van der Waals surface area contributed by atoms with Gasteiger partial charge in [-0.15, -0.1) is 0 Å². The summed E-state index contributed by atoms with van der Waals surface area (Å²) in [4.78, 5) is 55.9. The first-order valence-electron chi connectivity index (χ1n) is 13.0. The smallest absolute Gasteiger partial charge is 0.308 e. The lowest BCUT2D eigenvalue weighted by atomic mass is 9.83. The molecule has 1 saturated heterocycles. The Morgan fingerprint density at radius 2 is 1.65 bits per heavy atom. The van der Waals surface area contributed by atoms with E-state index in [0.29, 0.717) is 43.4 Å². The minimum Gasteiger partial charge on any atom is -0.493 e. The lowest BCUT2D eigenvalue weighted by Crippen LogP contribution is -2.33. The van der Waals surface area contributed by atoms with E-state index in [-0.39, 0.29) is 23.2 Å². The van der Waals surface area contributed by atoms with Gasteiger partial charge in [-0.3, -0.25) is 23.7 Å². The van der Waals surface area contributed by atoms with Crippen molar-refractivity contribution in [2.24, 2.45) is 5.92 Å². The number of imide groups is 1. The Kier molecular flexibility index (Phi) is 8.12. The molecular formula is C30H23BrClN3O6S2. The number of hydrogen-bond acceptors (Lipinski definition) is 8. The van der Waals surface area contributed by atoms with Crippen LogP contribution in [-0.4, -0.2) is 41.8 Å². The summed E-state index contributed by atoms with van der Waals surface area (Å²) >= 11 is 11.5. The topological polar surface area (TPSA) is 107 Å². The normalized spacial score (nSPS) is 19.2. The Labute approximate surface area is 267 Å². The van der Waals surface area contributed by atoms with Crippen LogP contribution in [0.2, 0.25) is 5.02 Å². The number of fused-ring (bicyclic) bond motifs is 2. The number of rotatable bonds is 7. The molecule has 220 valence electrons. The molecule has 3 amide bonds. The zero-order valence-corrected chi connectivity index (χ0v) is 26.7. The van der Waals surface area contributed by atoms with E-state index in [1.807, 2.05) is 6.07 Å². The standard InChI is InChI=1S/C30H23BrClN3O6S2/c1-40-20-12-3-15(13-21(20)41-2)23-24-25(28(38)35(27(24)37)19-10-4-16(31)5-11-19)42-29-26(23)43-30(39)34(29)14-22(36)33-18-8-6-17(32)7-9-18/h3-13,23-25H,14H2,1-2H3,(H,33,36)/t23-,24+,25-/m0/s1. The largest absolute Gasteiger partial charge is 0.493 e. The number of benzene rings is 3. The van der Waals surface area contributed by atoms with Gasteiger partial charge in [-0.05, 0) is 66.2 Å². The van der Waals surface area contributed by atoms with E-state index in [9.17, 15) is 19.2 Å². The highest BCUT2D eigenvalue weighted by atomic mass is 79.9. The third-order valence-electron chi connectivity index (χ3n) is 7.33. The van der Waals surface area contributed by atoms with E-state index in [1.54, 1.807) is 60.7 Å². The molecule has 0 aliphatic carbocycles. The van der Waals surface area contributed by atoms with Crippen molar-refractivity contribution in [3.63, 3.8) is 0 Å². The molecule has 9 nitrogen and oxygen atoms in total. The molecule has 0 unspecified atom stereocenters. The number of ether oxygens (including phenoxy) is 2. The summed E-state index contributed by atoms with van der Waals surface area (Å²) in [6.07, 6.45) is 0. The van der Waals surface area contributed by atoms with Crippen LogP contribution in [0.3, 0.4) is 0 Å². The van der Waals surface area contributed by atoms with Crippen molar-refractivity contribution >= 4 is 79.7 Å². The van der Waals surface area contributed by atoms with Crippen LogP contribution in [0, 0.1) is 5.92 Å². The van der Waals surface area contributed by atoms with Gasteiger partial charge in [0.25, 0.3) is 0 Å². The summed E-state index contributed by atoms with van der Waals surface area (Å²) in [6, 6.07) is 18.9. The number of thioether (sulfide) groups is 1. The van der Waals surface area contributed by atoms with Crippen molar-refractivity contribution in [2.45, 2.75) is 22.7 Å². The molecule has 4 aromatic rings. The van der Waals surface area contributed by atoms with E-state index in [0.717, 1.165) is 27.6 Å². The van der Waals surface area contributed by atoms with Gasteiger partial charge in [0, 0.05) is 26.0 Å². The number of methoxy groups -OCH3 is 2. The van der Waals surface area contributed by atoms with E-state index in [4.69, 9.17) is 21.1 Å². The van der Waals surface area contributed by atoms with Crippen LogP contribution in [0.4, 0.5) is 11.4 Å². The molecule has 0 saturated carbocycles. The maximum absolute atomic E-state index is 14.1. The van der Waals surface area contributed by atoms with Gasteiger partial charge < -0.3 is 14.8 Å². The summed E-state index contributed by atoms with van der Waals surface area (Å²) in [5, 5.41) is 2.98. The van der Waals surface area contributed by atoms with Crippen LogP contribution < -0.4 is 24.6 Å². The van der Waals surface area contributed by atoms with Crippen LogP contribution >= 0.6 is 50.6 Å². The SMILES string of the molecule is COc1ccc([C@@H]2c3sc(=O)n(CC(=O)Nc4ccc(Cl)cc4)c3S[C@@H]3C(=O)N(c4ccc(Br)cc4)C(=O)[C@H]23)cc1OC. The number of nitrogens with one attached hydrogen (secondary N) is 1. The van der Waals surface area contributed by atoms with Gasteiger partial charge in [-0.2, -0.15) is 0 Å². The number of hydrogen-bond donors (Lipinski definition) is 1. The number of carbonyl (C=O) groups excluding carboxylic acids is 3. The van der Waals surface area contributed by atoms with Crippen LogP contribution in [0.5, 0.6) is 11.5 Å². The molecule has 43 heavy (non-hydrogen) atoms. The third-order valence-corrected chi connectivity index (χ3v) is 10.7. The van der Waals surface area contributed by atoms with Crippen LogP contribution in [0.25, 0.3) is 0 Å². The molecule has 0 bridgehead atoms. The maximum atomic E-state index is 14.1. The van der Waals surface area contributed by atoms with Crippen LogP contribution in [-0.2, 0) is 20.9 Å². The average molecular weight is 701 g/mol. The number of nitrogens with zero attached hydrogens (tertiary/aromatic N) is 2. The highest BCUT2D eigenvalue weighted by Crippen LogP contribution is 2.54. The van der Waals surface area contributed by atoms with E-state index in [2.05, 4.69) is 21.2 Å². The predicted molar refractivity (Wildman–Crippen MR) is 170 cm³/mol. The van der Waals surface area contributed by atoms with Crippen molar-refractivity contribution in [3.05, 3.63) is 96.3 Å². The van der Waals surface area contributed by atoms with Crippen LogP contribution in [0.15, 0.2) is 81.0 Å². The Morgan fingerprint density at radius 1 is 0.953 bits per heavy atom. The molecule has 3 heterocycles. The fourth-order valence-corrected chi connectivity index (χ4v) is 8.55. The average Bonchev–Trinajstić information content (AvgIpc) is 3.44. The van der Waals surface area contributed by atoms with Crippen molar-refractivity contribution in [2.75, 3.05) is 24.4 Å². The Morgan fingerprint density at radius 3 is 2.33 bits per heavy atom. The van der Waals surface area contributed by atoms with Gasteiger partial charge in [0.1, 0.15) is 11.8 Å². The number of halogens is 2. The van der Waals surface area contributed by atoms with Crippen molar-refractivity contribution in [1.82, 2.24) is 4.57 Å². The monoisotopic (exact) mass is 699 g/mol. The third kappa shape index (κ3) is 5.37. The Hall–Kier alpha value is -3.58. The van der Waals surface area contributed by atoms with Gasteiger partial charge >= 0.3 is 4.87 Å². The molecule has 1 aromatic heterocycles. The molecule has 0 spiro atoms. The maximum Gasteiger partial charge on any atom is 0.308 e. The van der Waals surface area contributed by atoms with Gasteiger partial charge in [-0.25, -0.2) is 4.90 Å². The first-order valence-corrected chi connectivity index (χ1v) is 15.9. The summed E-state index contributed by atoms with van der Waals surface area (Å²) in [6.45, 7) is -0.269. The quantitative estimate of drug-likeness (QED) is 0.244. The second kappa shape index (κ2) is 11.8. The van der Waals surface area contributed by atoms with Gasteiger partial charge in [0.05, 0.1) is 30.9 Å². The molecule has 2 aliphatic rings. The first kappa shape index (κ1) is 29.5. The molecule has 6 rings (SSSR count). The van der Waals surface area contributed by atoms with Crippen molar-refractivity contribution in [3.8, 4) is 11.5 Å². The van der Waals surface area contributed by atoms with E-state index < -0.39 is 23.0 Å². The summed E-state index contributed by atoms with van der Waals surface area (Å²) in [5.41, 5.74) is 1.68. The highest BCUT2D eigenvalue weighted by molar-refractivity contribution is 9.10. The second-order valence-electron chi connectivity index (χ2n) is 9.82. The first-order chi connectivity index (χ1) is 20.7. The Balaban J connectivity index is 1.43. The summed E-state index contributed by atoms with van der Waals surface area (Å²) in [5.74, 6) is -1.63. The number of thiazole rings is 1. The molecule has 0 radical (unpaired) electrons. The Bertz CT molecular complexity index is 1810. The number of amides is 3. The summed E-state index contributed by atoms with van der Waals surface area (Å²) in [7, 11) is 3.04. The zero-order chi connectivity index (χ0) is 30.4. The van der Waals surface area contributed by atoms with Crippen molar-refractivity contribution < 1.29 is 23.9 Å². The lowest BCUT2D eigenvalue weighted by molar-refractivity contribution is -0.122. The van der Waals surface area contributed by atoms with E-state index >= 15 is 0 Å². The fourth-order valence-electron chi connectivity index (χ4n) is 5.38. The molecule has 1 N–H and O–H groups in total. The molecule has 13 heteroatoms. The van der Waals surface area contributed by atoms with Gasteiger partial charge in [-0.1, -0.05) is 56.7 Å². The van der Waals surface area contributed by atoms with Crippen molar-refractivity contribution in [1.29, 1.82) is 0 Å². The van der Waals surface area contributed by atoms with Gasteiger partial charge in [0.15, 0.2) is 11.5 Å². The number of aromatic nitrogens is 1. The minimum atomic E-state index is -0.818.